The molecule has 0 fully saturated rings. The van der Waals surface area contributed by atoms with Crippen LogP contribution in [0.25, 0.3) is 0 Å². The van der Waals surface area contributed by atoms with E-state index < -0.39 is 8.80 Å². The maximum atomic E-state index is 5.91. The topological polar surface area (TPSA) is 84.9 Å². The van der Waals surface area contributed by atoms with Crippen LogP contribution < -0.4 is 15.1 Å². The van der Waals surface area contributed by atoms with E-state index in [2.05, 4.69) is 57.8 Å². The maximum Gasteiger partial charge on any atom is 0.521 e. The first-order chi connectivity index (χ1) is 13.5. The number of nitrogens with one attached hydrogen (secondary N) is 1. The van der Waals surface area contributed by atoms with Gasteiger partial charge in [0.05, 0.1) is 6.17 Å². The van der Waals surface area contributed by atoms with E-state index in [1.165, 1.54) is 0 Å². The first kappa shape index (κ1) is 24.5. The monoisotopic (exact) mass is 414 g/mol. The third-order valence-corrected chi connectivity index (χ3v) is 7.06. The lowest BCUT2D eigenvalue weighted by Crippen LogP contribution is -2.52. The highest BCUT2D eigenvalue weighted by Gasteiger charge is 2.40. The Morgan fingerprint density at radius 2 is 1.07 bits per heavy atom. The van der Waals surface area contributed by atoms with Crippen molar-refractivity contribution in [3.8, 4) is 0 Å². The van der Waals surface area contributed by atoms with Gasteiger partial charge < -0.3 is 28.4 Å². The molecule has 0 atom stereocenters. The second kappa shape index (κ2) is 12.9. The van der Waals surface area contributed by atoms with Crippen LogP contribution >= 0.6 is 0 Å². The van der Waals surface area contributed by atoms with Crippen molar-refractivity contribution in [3.05, 3.63) is 0 Å². The summed E-state index contributed by atoms with van der Waals surface area (Å²) in [4.78, 5) is 18.2. The Kier molecular flexibility index (Phi) is 11.3. The van der Waals surface area contributed by atoms with E-state index in [1.54, 1.807) is 0 Å². The molecule has 0 aliphatic heterocycles. The molecule has 0 unspecified atom stereocenters. The number of hydrogen-bond acceptors (Lipinski definition) is 9. The van der Waals surface area contributed by atoms with Gasteiger partial charge in [-0.05, 0) is 48.5 Å². The quantitative estimate of drug-likeness (QED) is 0.435. The van der Waals surface area contributed by atoms with Crippen molar-refractivity contribution < 1.29 is 13.3 Å². The summed E-state index contributed by atoms with van der Waals surface area (Å²) in [7, 11) is -2.84. The van der Waals surface area contributed by atoms with Crippen molar-refractivity contribution in [2.75, 3.05) is 67.3 Å². The van der Waals surface area contributed by atoms with Crippen LogP contribution in [0.1, 0.15) is 48.5 Å². The summed E-state index contributed by atoms with van der Waals surface area (Å²) in [5.41, 5.74) is 0. The van der Waals surface area contributed by atoms with Crippen molar-refractivity contribution in [3.63, 3.8) is 0 Å². The van der Waals surface area contributed by atoms with Crippen LogP contribution in [0.2, 0.25) is 0 Å². The normalized spacial score (nSPS) is 11.5. The van der Waals surface area contributed by atoms with Crippen LogP contribution in [0.5, 0.6) is 0 Å². The molecule has 0 amide bonds. The molecule has 162 valence electrons. The number of anilines is 3. The Balaban J connectivity index is 3.18. The zero-order valence-corrected chi connectivity index (χ0v) is 19.6. The Bertz CT molecular complexity index is 511. The van der Waals surface area contributed by atoms with E-state index in [0.29, 0.717) is 43.8 Å². The molecule has 1 aromatic rings. The fourth-order valence-electron chi connectivity index (χ4n) is 2.85. The van der Waals surface area contributed by atoms with Gasteiger partial charge in [0.25, 0.3) is 0 Å². The predicted molar refractivity (Wildman–Crippen MR) is 116 cm³/mol. The summed E-state index contributed by atoms with van der Waals surface area (Å²) in [5, 5.41) is 3.30. The number of nitrogens with zero attached hydrogens (tertiary/aromatic N) is 5. The second-order valence-corrected chi connectivity index (χ2v) is 8.52. The van der Waals surface area contributed by atoms with Gasteiger partial charge in [0.15, 0.2) is 0 Å². The third-order valence-electron chi connectivity index (χ3n) is 4.26. The number of aromatic nitrogens is 3. The van der Waals surface area contributed by atoms with E-state index in [-0.39, 0.29) is 0 Å². The molecule has 28 heavy (non-hydrogen) atoms. The van der Waals surface area contributed by atoms with E-state index >= 15 is 0 Å². The standard InChI is InChI=1S/C18H38N6O3Si/c1-8-23(9-2)17-20-16(21-18(22-17)24(10-3)11-4)19-15-28(25-12-5,26-13-6)27-14-7/h8-15H2,1-7H3,(H,19,20,21,22). The zero-order chi connectivity index (χ0) is 21.0. The lowest BCUT2D eigenvalue weighted by Gasteiger charge is -2.29. The summed E-state index contributed by atoms with van der Waals surface area (Å²) in [5.74, 6) is 1.84. The highest BCUT2D eigenvalue weighted by molar-refractivity contribution is 6.61. The van der Waals surface area contributed by atoms with Crippen molar-refractivity contribution in [2.45, 2.75) is 48.5 Å². The van der Waals surface area contributed by atoms with Crippen LogP contribution in [0.15, 0.2) is 0 Å². The first-order valence-corrected chi connectivity index (χ1v) is 12.4. The fraction of sp³-hybridized carbons (Fsp3) is 0.833. The van der Waals surface area contributed by atoms with E-state index in [4.69, 9.17) is 13.3 Å². The molecule has 1 N–H and O–H groups in total. The van der Waals surface area contributed by atoms with Crippen molar-refractivity contribution in [1.82, 2.24) is 15.0 Å². The molecule has 0 spiro atoms. The molecule has 1 heterocycles. The summed E-state index contributed by atoms with van der Waals surface area (Å²) >= 11 is 0. The highest BCUT2D eigenvalue weighted by Crippen LogP contribution is 2.18. The van der Waals surface area contributed by atoms with Crippen LogP contribution in [-0.2, 0) is 13.3 Å². The first-order valence-electron chi connectivity index (χ1n) is 10.4. The lowest BCUT2D eigenvalue weighted by atomic mass is 10.5. The molecule has 0 saturated carbocycles. The molecule has 0 radical (unpaired) electrons. The summed E-state index contributed by atoms with van der Waals surface area (Å²) in [6, 6.07) is 0. The van der Waals surface area contributed by atoms with Gasteiger partial charge in [-0.15, -0.1) is 0 Å². The molecule has 1 aromatic heterocycles. The maximum absolute atomic E-state index is 5.91. The van der Waals surface area contributed by atoms with Crippen LogP contribution in [0.4, 0.5) is 17.8 Å². The molecule has 0 aromatic carbocycles. The molecule has 0 bridgehead atoms. The summed E-state index contributed by atoms with van der Waals surface area (Å²) in [6.07, 6.45) is 0.405. The molecular weight excluding hydrogens is 376 g/mol. The van der Waals surface area contributed by atoms with Gasteiger partial charge in [-0.1, -0.05) is 0 Å². The van der Waals surface area contributed by atoms with E-state index in [9.17, 15) is 0 Å². The molecular formula is C18H38N6O3Si. The van der Waals surface area contributed by atoms with Gasteiger partial charge in [-0.3, -0.25) is 0 Å². The lowest BCUT2D eigenvalue weighted by molar-refractivity contribution is 0.0740. The number of hydrogen-bond donors (Lipinski definition) is 1. The SMILES string of the molecule is CCO[Si](CNc1nc(N(CC)CC)nc(N(CC)CC)n1)(OCC)OCC. The van der Waals surface area contributed by atoms with Gasteiger partial charge in [0, 0.05) is 46.0 Å². The van der Waals surface area contributed by atoms with Crippen molar-refractivity contribution in [2.24, 2.45) is 0 Å². The minimum Gasteiger partial charge on any atom is -0.373 e. The average Bonchev–Trinajstić information content (AvgIpc) is 2.69. The van der Waals surface area contributed by atoms with Gasteiger partial charge in [-0.25, -0.2) is 0 Å². The summed E-state index contributed by atoms with van der Waals surface area (Å²) < 4.78 is 17.7. The molecule has 1 rings (SSSR count). The molecule has 9 nitrogen and oxygen atoms in total. The van der Waals surface area contributed by atoms with E-state index in [1.807, 2.05) is 20.8 Å². The second-order valence-electron chi connectivity index (χ2n) is 5.94. The molecule has 0 aliphatic carbocycles. The average molecular weight is 415 g/mol. The minimum atomic E-state index is -2.84. The highest BCUT2D eigenvalue weighted by atomic mass is 28.4. The zero-order valence-electron chi connectivity index (χ0n) is 18.6. The van der Waals surface area contributed by atoms with Crippen molar-refractivity contribution in [1.29, 1.82) is 0 Å². The third kappa shape index (κ3) is 6.84. The smallest absolute Gasteiger partial charge is 0.373 e. The predicted octanol–water partition coefficient (Wildman–Crippen LogP) is 2.56. The Morgan fingerprint density at radius 3 is 1.39 bits per heavy atom. The van der Waals surface area contributed by atoms with Gasteiger partial charge in [0.2, 0.25) is 17.8 Å². The van der Waals surface area contributed by atoms with Gasteiger partial charge in [-0.2, -0.15) is 15.0 Å². The largest absolute Gasteiger partial charge is 0.521 e. The minimum absolute atomic E-state index is 0.405. The Hall–Kier alpha value is -1.49. The van der Waals surface area contributed by atoms with Crippen LogP contribution in [0, 0.1) is 0 Å². The molecule has 10 heteroatoms. The van der Waals surface area contributed by atoms with Crippen molar-refractivity contribution >= 4 is 26.6 Å². The number of rotatable bonds is 15. The van der Waals surface area contributed by atoms with E-state index in [0.717, 1.165) is 26.2 Å². The fourth-order valence-corrected chi connectivity index (χ4v) is 5.10. The van der Waals surface area contributed by atoms with Gasteiger partial charge in [0.1, 0.15) is 0 Å². The molecule has 0 aliphatic rings. The molecule has 0 saturated heterocycles. The summed E-state index contributed by atoms with van der Waals surface area (Å²) in [6.45, 7) is 19.1. The van der Waals surface area contributed by atoms with Crippen LogP contribution in [0.3, 0.4) is 0 Å². The van der Waals surface area contributed by atoms with Crippen LogP contribution in [-0.4, -0.2) is 75.9 Å². The Labute approximate surface area is 171 Å². The Morgan fingerprint density at radius 1 is 0.679 bits per heavy atom. The van der Waals surface area contributed by atoms with Gasteiger partial charge >= 0.3 is 8.80 Å².